The predicted molar refractivity (Wildman–Crippen MR) is 95.9 cm³/mol. The number of aliphatic hydroxyl groups is 1. The van der Waals surface area contributed by atoms with Crippen LogP contribution in [0.1, 0.15) is 38.5 Å². The molecule has 4 aliphatic rings. The van der Waals surface area contributed by atoms with Crippen molar-refractivity contribution in [3.8, 4) is 0 Å². The Labute approximate surface area is 139 Å². The van der Waals surface area contributed by atoms with Gasteiger partial charge in [0.15, 0.2) is 0 Å². The lowest BCUT2D eigenvalue weighted by Gasteiger charge is -2.39. The SMILES string of the molecule is OCCC1=CC=CCC1C1=CC2C=CCCC2C2=C1C=CCC2. The summed E-state index contributed by atoms with van der Waals surface area (Å²) >= 11 is 0. The Kier molecular flexibility index (Phi) is 4.22. The van der Waals surface area contributed by atoms with Gasteiger partial charge in [0.2, 0.25) is 0 Å². The molecule has 0 saturated carbocycles. The van der Waals surface area contributed by atoms with E-state index < -0.39 is 0 Å². The minimum absolute atomic E-state index is 0.247. The van der Waals surface area contributed by atoms with Gasteiger partial charge in [0.05, 0.1) is 0 Å². The summed E-state index contributed by atoms with van der Waals surface area (Å²) in [5.41, 5.74) is 6.15. The van der Waals surface area contributed by atoms with E-state index in [1.165, 1.54) is 42.4 Å². The zero-order chi connectivity index (χ0) is 15.6. The zero-order valence-electron chi connectivity index (χ0n) is 13.7. The average molecular weight is 306 g/mol. The lowest BCUT2D eigenvalue weighted by Crippen LogP contribution is -2.26. The highest BCUT2D eigenvalue weighted by molar-refractivity contribution is 5.54. The molecule has 3 atom stereocenters. The second-order valence-corrected chi connectivity index (χ2v) is 7.12. The van der Waals surface area contributed by atoms with Crippen LogP contribution in [0.2, 0.25) is 0 Å². The fourth-order valence-corrected chi connectivity index (χ4v) is 4.77. The summed E-state index contributed by atoms with van der Waals surface area (Å²) in [4.78, 5) is 0. The van der Waals surface area contributed by atoms with Gasteiger partial charge in [-0.05, 0) is 55.6 Å². The lowest BCUT2D eigenvalue weighted by atomic mass is 9.66. The van der Waals surface area contributed by atoms with Crippen LogP contribution in [0.4, 0.5) is 0 Å². The predicted octanol–water partition coefficient (Wildman–Crippen LogP) is 5.04. The lowest BCUT2D eigenvalue weighted by molar-refractivity contribution is 0.295. The zero-order valence-corrected chi connectivity index (χ0v) is 13.7. The van der Waals surface area contributed by atoms with E-state index in [2.05, 4.69) is 48.6 Å². The summed E-state index contributed by atoms with van der Waals surface area (Å²) in [6.45, 7) is 0.247. The minimum atomic E-state index is 0.247. The second-order valence-electron chi connectivity index (χ2n) is 7.12. The summed E-state index contributed by atoms with van der Waals surface area (Å²) in [5, 5.41) is 9.43. The first-order valence-electron chi connectivity index (χ1n) is 9.13. The normalized spacial score (nSPS) is 32.3. The molecule has 4 aliphatic carbocycles. The van der Waals surface area contributed by atoms with E-state index in [0.29, 0.717) is 11.8 Å². The number of aliphatic hydroxyl groups excluding tert-OH is 1. The molecule has 0 aromatic heterocycles. The van der Waals surface area contributed by atoms with Crippen molar-refractivity contribution >= 4 is 0 Å². The first kappa shape index (κ1) is 15.0. The first-order chi connectivity index (χ1) is 11.4. The van der Waals surface area contributed by atoms with Gasteiger partial charge in [0, 0.05) is 18.4 Å². The van der Waals surface area contributed by atoms with Gasteiger partial charge in [-0.1, -0.05) is 59.8 Å². The molecule has 0 fully saturated rings. The van der Waals surface area contributed by atoms with Crippen molar-refractivity contribution in [3.63, 3.8) is 0 Å². The number of hydrogen-bond donors (Lipinski definition) is 1. The molecule has 4 rings (SSSR count). The van der Waals surface area contributed by atoms with Crippen LogP contribution < -0.4 is 0 Å². The Morgan fingerprint density at radius 3 is 3.00 bits per heavy atom. The molecule has 3 unspecified atom stereocenters. The summed E-state index contributed by atoms with van der Waals surface area (Å²) < 4.78 is 0. The van der Waals surface area contributed by atoms with Crippen LogP contribution in [0.5, 0.6) is 0 Å². The Balaban J connectivity index is 1.75. The fraction of sp³-hybridized carbons (Fsp3) is 0.455. The van der Waals surface area contributed by atoms with Crippen LogP contribution in [-0.4, -0.2) is 11.7 Å². The summed E-state index contributed by atoms with van der Waals surface area (Å²) in [7, 11) is 0. The molecule has 1 N–H and O–H groups in total. The highest BCUT2D eigenvalue weighted by Crippen LogP contribution is 2.47. The van der Waals surface area contributed by atoms with Gasteiger partial charge in [-0.2, -0.15) is 0 Å². The van der Waals surface area contributed by atoms with E-state index in [0.717, 1.165) is 18.8 Å². The molecule has 23 heavy (non-hydrogen) atoms. The maximum atomic E-state index is 9.43. The highest BCUT2D eigenvalue weighted by Gasteiger charge is 2.34. The van der Waals surface area contributed by atoms with Crippen LogP contribution >= 0.6 is 0 Å². The van der Waals surface area contributed by atoms with E-state index in [-0.39, 0.29) is 6.61 Å². The van der Waals surface area contributed by atoms with Crippen molar-refractivity contribution < 1.29 is 5.11 Å². The molecular formula is C22H26O. The largest absolute Gasteiger partial charge is 0.396 e. The molecular weight excluding hydrogens is 280 g/mol. The van der Waals surface area contributed by atoms with Crippen LogP contribution in [-0.2, 0) is 0 Å². The molecule has 0 amide bonds. The number of rotatable bonds is 3. The first-order valence-corrected chi connectivity index (χ1v) is 9.13. The minimum Gasteiger partial charge on any atom is -0.396 e. The molecule has 0 bridgehead atoms. The van der Waals surface area contributed by atoms with Crippen molar-refractivity contribution in [2.75, 3.05) is 6.61 Å². The van der Waals surface area contributed by atoms with Gasteiger partial charge in [-0.15, -0.1) is 0 Å². The van der Waals surface area contributed by atoms with Crippen molar-refractivity contribution in [1.82, 2.24) is 0 Å². The molecule has 1 nitrogen and oxygen atoms in total. The Bertz CT molecular complexity index is 653. The van der Waals surface area contributed by atoms with E-state index in [4.69, 9.17) is 0 Å². The van der Waals surface area contributed by atoms with Gasteiger partial charge >= 0.3 is 0 Å². The number of hydrogen-bond acceptors (Lipinski definition) is 1. The van der Waals surface area contributed by atoms with Crippen LogP contribution in [0.15, 0.2) is 70.9 Å². The standard InChI is InChI=1S/C22H26O/c23-14-13-16-7-1-3-9-18(16)22-15-17-8-2-4-10-19(17)20-11-5-6-12-21(20)22/h1-3,6-8,12,15,17-19,23H,4-5,9-11,13-14H2. The Morgan fingerprint density at radius 2 is 2.09 bits per heavy atom. The molecule has 0 aromatic rings. The molecule has 0 aromatic carbocycles. The molecule has 0 spiro atoms. The summed E-state index contributed by atoms with van der Waals surface area (Å²) in [6.07, 6.45) is 25.6. The molecule has 120 valence electrons. The smallest absolute Gasteiger partial charge is 0.0468 e. The number of fused-ring (bicyclic) bond motifs is 2. The van der Waals surface area contributed by atoms with E-state index in [1.807, 2.05) is 0 Å². The number of allylic oxidation sites excluding steroid dienone is 11. The third kappa shape index (κ3) is 2.72. The molecule has 1 heteroatoms. The van der Waals surface area contributed by atoms with Crippen molar-refractivity contribution in [2.45, 2.75) is 38.5 Å². The maximum Gasteiger partial charge on any atom is 0.0468 e. The molecule has 0 heterocycles. The Hall–Kier alpha value is -1.60. The third-order valence-electron chi connectivity index (χ3n) is 5.85. The quantitative estimate of drug-likeness (QED) is 0.724. The van der Waals surface area contributed by atoms with Gasteiger partial charge in [0.25, 0.3) is 0 Å². The summed E-state index contributed by atoms with van der Waals surface area (Å²) in [5.74, 6) is 1.77. The monoisotopic (exact) mass is 306 g/mol. The molecule has 0 aliphatic heterocycles. The van der Waals surface area contributed by atoms with Gasteiger partial charge in [-0.25, -0.2) is 0 Å². The van der Waals surface area contributed by atoms with Crippen molar-refractivity contribution in [1.29, 1.82) is 0 Å². The van der Waals surface area contributed by atoms with E-state index in [9.17, 15) is 5.11 Å². The van der Waals surface area contributed by atoms with E-state index >= 15 is 0 Å². The van der Waals surface area contributed by atoms with Crippen LogP contribution in [0.3, 0.4) is 0 Å². The third-order valence-corrected chi connectivity index (χ3v) is 5.85. The highest BCUT2D eigenvalue weighted by atomic mass is 16.2. The van der Waals surface area contributed by atoms with Crippen molar-refractivity contribution in [3.05, 3.63) is 70.9 Å². The van der Waals surface area contributed by atoms with Crippen LogP contribution in [0, 0.1) is 17.8 Å². The van der Waals surface area contributed by atoms with Gasteiger partial charge in [0.1, 0.15) is 0 Å². The van der Waals surface area contributed by atoms with Gasteiger partial charge < -0.3 is 5.11 Å². The molecule has 0 radical (unpaired) electrons. The van der Waals surface area contributed by atoms with E-state index in [1.54, 1.807) is 5.57 Å². The second kappa shape index (κ2) is 6.49. The topological polar surface area (TPSA) is 20.2 Å². The maximum absolute atomic E-state index is 9.43. The average Bonchev–Trinajstić information content (AvgIpc) is 2.62. The molecule has 0 saturated heterocycles. The Morgan fingerprint density at radius 1 is 1.13 bits per heavy atom. The van der Waals surface area contributed by atoms with Crippen molar-refractivity contribution in [2.24, 2.45) is 17.8 Å². The van der Waals surface area contributed by atoms with Gasteiger partial charge in [-0.3, -0.25) is 0 Å². The fourth-order valence-electron chi connectivity index (χ4n) is 4.77. The summed E-state index contributed by atoms with van der Waals surface area (Å²) in [6, 6.07) is 0. The van der Waals surface area contributed by atoms with Crippen LogP contribution in [0.25, 0.3) is 0 Å².